The van der Waals surface area contributed by atoms with Crippen LogP contribution in [0.4, 0.5) is 0 Å². The number of ketones is 2. The van der Waals surface area contributed by atoms with Gasteiger partial charge < -0.3 is 4.74 Å². The molecule has 3 heteroatoms. The second-order valence-electron chi connectivity index (χ2n) is 8.05. The van der Waals surface area contributed by atoms with E-state index in [0.717, 1.165) is 40.9 Å². The number of Topliss-reactive ketones (excluding diaryl/α,β-unsaturated/α-hetero) is 2. The van der Waals surface area contributed by atoms with Crippen molar-refractivity contribution in [2.24, 2.45) is 0 Å². The molecule has 1 atom stereocenters. The Morgan fingerprint density at radius 1 is 1.07 bits per heavy atom. The van der Waals surface area contributed by atoms with E-state index in [1.54, 1.807) is 0 Å². The molecular formula is C26H26O3. The first-order valence-corrected chi connectivity index (χ1v) is 10.3. The first kappa shape index (κ1) is 19.4. The highest BCUT2D eigenvalue weighted by molar-refractivity contribution is 6.01. The van der Waals surface area contributed by atoms with Crippen molar-refractivity contribution in [1.29, 1.82) is 0 Å². The van der Waals surface area contributed by atoms with Crippen LogP contribution in [-0.2, 0) is 11.2 Å². The van der Waals surface area contributed by atoms with Crippen LogP contribution < -0.4 is 4.74 Å². The second-order valence-corrected chi connectivity index (χ2v) is 8.05. The highest BCUT2D eigenvalue weighted by Crippen LogP contribution is 2.34. The van der Waals surface area contributed by atoms with E-state index in [9.17, 15) is 9.59 Å². The average Bonchev–Trinajstić information content (AvgIpc) is 2.72. The number of carbonyl (C=O) groups excluding carboxylic acids is 2. The van der Waals surface area contributed by atoms with E-state index in [-0.39, 0.29) is 17.7 Å². The van der Waals surface area contributed by atoms with Crippen molar-refractivity contribution in [3.05, 3.63) is 88.0 Å². The Balaban J connectivity index is 1.40. The fraction of sp³-hybridized carbons (Fsp3) is 0.308. The van der Waals surface area contributed by atoms with Gasteiger partial charge in [-0.25, -0.2) is 0 Å². The number of hydrogen-bond acceptors (Lipinski definition) is 3. The van der Waals surface area contributed by atoms with Gasteiger partial charge in [0.2, 0.25) is 0 Å². The lowest BCUT2D eigenvalue weighted by Crippen LogP contribution is -2.15. The van der Waals surface area contributed by atoms with Crippen molar-refractivity contribution in [2.75, 3.05) is 0 Å². The standard InChI is InChI=1S/C26H26O3/c1-17-15-18(2)22(24(28)16-17)12-13-23(27)19-7-9-21(10-8-19)26-14-11-20-5-3-4-6-25(20)29-26/h3-10,15,26H,11-14,16H2,1-2H3. The molecule has 0 saturated heterocycles. The van der Waals surface area contributed by atoms with Crippen molar-refractivity contribution < 1.29 is 14.3 Å². The van der Waals surface area contributed by atoms with E-state index in [1.807, 2.05) is 56.3 Å². The Labute approximate surface area is 172 Å². The summed E-state index contributed by atoms with van der Waals surface area (Å²) in [6.07, 6.45) is 5.36. The third-order valence-corrected chi connectivity index (χ3v) is 5.84. The molecule has 3 nitrogen and oxygen atoms in total. The molecule has 4 rings (SSSR count). The number of ether oxygens (including phenoxy) is 1. The molecular weight excluding hydrogens is 360 g/mol. The number of hydrogen-bond donors (Lipinski definition) is 0. The highest BCUT2D eigenvalue weighted by Gasteiger charge is 2.22. The summed E-state index contributed by atoms with van der Waals surface area (Å²) in [6.45, 7) is 3.93. The largest absolute Gasteiger partial charge is 0.485 e. The summed E-state index contributed by atoms with van der Waals surface area (Å²) in [6, 6.07) is 15.9. The van der Waals surface area contributed by atoms with Gasteiger partial charge in [-0.05, 0) is 61.4 Å². The summed E-state index contributed by atoms with van der Waals surface area (Å²) in [7, 11) is 0. The smallest absolute Gasteiger partial charge is 0.163 e. The monoisotopic (exact) mass is 386 g/mol. The van der Waals surface area contributed by atoms with Gasteiger partial charge in [0.1, 0.15) is 11.9 Å². The molecule has 1 unspecified atom stereocenters. The lowest BCUT2D eigenvalue weighted by Gasteiger charge is -2.26. The third kappa shape index (κ3) is 4.24. The summed E-state index contributed by atoms with van der Waals surface area (Å²) in [5.74, 6) is 1.18. The molecule has 2 aromatic carbocycles. The number of aryl methyl sites for hydroxylation is 1. The maximum atomic E-state index is 12.6. The Morgan fingerprint density at radius 2 is 1.83 bits per heavy atom. The van der Waals surface area contributed by atoms with Crippen molar-refractivity contribution in [3.63, 3.8) is 0 Å². The summed E-state index contributed by atoms with van der Waals surface area (Å²) < 4.78 is 6.14. The van der Waals surface area contributed by atoms with Crippen LogP contribution >= 0.6 is 0 Å². The fourth-order valence-electron chi connectivity index (χ4n) is 4.25. The van der Waals surface area contributed by atoms with Gasteiger partial charge in [-0.1, -0.05) is 54.1 Å². The van der Waals surface area contributed by atoms with E-state index >= 15 is 0 Å². The summed E-state index contributed by atoms with van der Waals surface area (Å²) >= 11 is 0. The van der Waals surface area contributed by atoms with Crippen molar-refractivity contribution >= 4 is 11.6 Å². The van der Waals surface area contributed by atoms with Gasteiger partial charge in [0.15, 0.2) is 11.6 Å². The van der Waals surface area contributed by atoms with Gasteiger partial charge in [0.05, 0.1) is 0 Å². The predicted molar refractivity (Wildman–Crippen MR) is 114 cm³/mol. The van der Waals surface area contributed by atoms with Crippen molar-refractivity contribution in [1.82, 2.24) is 0 Å². The molecule has 0 radical (unpaired) electrons. The van der Waals surface area contributed by atoms with Gasteiger partial charge in [-0.15, -0.1) is 0 Å². The maximum Gasteiger partial charge on any atom is 0.163 e. The summed E-state index contributed by atoms with van der Waals surface area (Å²) in [4.78, 5) is 24.9. The molecule has 0 aromatic heterocycles. The molecule has 2 aromatic rings. The van der Waals surface area contributed by atoms with Crippen LogP contribution in [0.15, 0.2) is 71.3 Å². The van der Waals surface area contributed by atoms with Crippen molar-refractivity contribution in [2.45, 2.75) is 52.1 Å². The number of benzene rings is 2. The molecule has 1 heterocycles. The number of rotatable bonds is 5. The van der Waals surface area contributed by atoms with Crippen LogP contribution in [0.25, 0.3) is 0 Å². The maximum absolute atomic E-state index is 12.6. The van der Waals surface area contributed by atoms with E-state index in [4.69, 9.17) is 4.74 Å². The zero-order valence-electron chi connectivity index (χ0n) is 17.0. The number of allylic oxidation sites excluding steroid dienone is 4. The van der Waals surface area contributed by atoms with Gasteiger partial charge in [-0.2, -0.15) is 0 Å². The minimum atomic E-state index is 0.0248. The minimum absolute atomic E-state index is 0.0248. The second kappa shape index (κ2) is 8.20. The van der Waals surface area contributed by atoms with Crippen LogP contribution in [-0.4, -0.2) is 11.6 Å². The van der Waals surface area contributed by atoms with Gasteiger partial charge in [0.25, 0.3) is 0 Å². The predicted octanol–water partition coefficient (Wildman–Crippen LogP) is 5.95. The molecule has 0 saturated carbocycles. The van der Waals surface area contributed by atoms with E-state index in [2.05, 4.69) is 12.1 Å². The first-order valence-electron chi connectivity index (χ1n) is 10.3. The molecule has 2 aliphatic rings. The van der Waals surface area contributed by atoms with Crippen LogP contribution in [0.3, 0.4) is 0 Å². The molecule has 1 aliphatic carbocycles. The highest BCUT2D eigenvalue weighted by atomic mass is 16.5. The molecule has 148 valence electrons. The van der Waals surface area contributed by atoms with Crippen LogP contribution in [0, 0.1) is 0 Å². The topological polar surface area (TPSA) is 43.4 Å². The van der Waals surface area contributed by atoms with Crippen LogP contribution in [0.2, 0.25) is 0 Å². The molecule has 0 bridgehead atoms. The third-order valence-electron chi connectivity index (χ3n) is 5.84. The molecule has 1 aliphatic heterocycles. The Morgan fingerprint density at radius 3 is 2.59 bits per heavy atom. The van der Waals surface area contributed by atoms with E-state index in [0.29, 0.717) is 24.8 Å². The van der Waals surface area contributed by atoms with Gasteiger partial charge >= 0.3 is 0 Å². The zero-order valence-corrected chi connectivity index (χ0v) is 17.0. The first-order chi connectivity index (χ1) is 14.0. The Hall–Kier alpha value is -2.94. The lowest BCUT2D eigenvalue weighted by molar-refractivity contribution is -0.115. The van der Waals surface area contributed by atoms with Gasteiger partial charge in [0, 0.05) is 18.4 Å². The van der Waals surface area contributed by atoms with Crippen molar-refractivity contribution in [3.8, 4) is 5.75 Å². The van der Waals surface area contributed by atoms with E-state index < -0.39 is 0 Å². The zero-order chi connectivity index (χ0) is 20.4. The molecule has 0 amide bonds. The lowest BCUT2D eigenvalue weighted by atomic mass is 9.88. The number of fused-ring (bicyclic) bond motifs is 1. The van der Waals surface area contributed by atoms with Gasteiger partial charge in [-0.3, -0.25) is 9.59 Å². The number of para-hydroxylation sites is 1. The normalized spacial score (nSPS) is 18.8. The molecule has 0 N–H and O–H groups in total. The molecule has 29 heavy (non-hydrogen) atoms. The summed E-state index contributed by atoms with van der Waals surface area (Å²) in [5.41, 5.74) is 5.93. The Kier molecular flexibility index (Phi) is 5.48. The van der Waals surface area contributed by atoms with E-state index in [1.165, 1.54) is 5.56 Å². The Bertz CT molecular complexity index is 1010. The van der Waals surface area contributed by atoms with Crippen LogP contribution in [0.1, 0.15) is 67.1 Å². The minimum Gasteiger partial charge on any atom is -0.485 e. The SMILES string of the molecule is CC1=CC(C)=C(CCC(=O)c2ccc(C3CCc4ccccc4O3)cc2)C(=O)C1. The molecule has 0 spiro atoms. The fourth-order valence-corrected chi connectivity index (χ4v) is 4.25. The molecule has 0 fully saturated rings. The average molecular weight is 386 g/mol. The number of carbonyl (C=O) groups is 2. The quantitative estimate of drug-likeness (QED) is 0.596. The van der Waals surface area contributed by atoms with Crippen LogP contribution in [0.5, 0.6) is 5.75 Å². The summed E-state index contributed by atoms with van der Waals surface area (Å²) in [5, 5.41) is 0.